The van der Waals surface area contributed by atoms with Crippen molar-refractivity contribution in [2.24, 2.45) is 11.7 Å². The van der Waals surface area contributed by atoms with Crippen molar-refractivity contribution < 1.29 is 12.8 Å². The normalized spacial score (nSPS) is 22.6. The average molecular weight is 337 g/mol. The van der Waals surface area contributed by atoms with Gasteiger partial charge in [0, 0.05) is 6.04 Å². The SMILES string of the molecule is Cc1ccc(S(=O)(=O)NC2CCCCC2CN)cc1F.Cl. The molecule has 0 radical (unpaired) electrons. The zero-order valence-corrected chi connectivity index (χ0v) is 13.6. The highest BCUT2D eigenvalue weighted by Gasteiger charge is 2.28. The highest BCUT2D eigenvalue weighted by molar-refractivity contribution is 7.89. The van der Waals surface area contributed by atoms with Gasteiger partial charge in [0.05, 0.1) is 4.90 Å². The molecule has 1 aliphatic rings. The van der Waals surface area contributed by atoms with Crippen LogP contribution in [0.25, 0.3) is 0 Å². The molecule has 0 bridgehead atoms. The Bertz CT molecular complexity index is 580. The lowest BCUT2D eigenvalue weighted by atomic mass is 9.85. The fourth-order valence-electron chi connectivity index (χ4n) is 2.65. The van der Waals surface area contributed by atoms with Crippen molar-refractivity contribution in [2.75, 3.05) is 6.54 Å². The fourth-order valence-corrected chi connectivity index (χ4v) is 4.00. The highest BCUT2D eigenvalue weighted by Crippen LogP contribution is 2.25. The third kappa shape index (κ3) is 4.39. The van der Waals surface area contributed by atoms with E-state index in [1.165, 1.54) is 12.1 Å². The first-order chi connectivity index (χ1) is 9.44. The standard InChI is InChI=1S/C14H21FN2O2S.ClH/c1-10-6-7-12(8-13(10)15)20(18,19)17-14-5-3-2-4-11(14)9-16;/h6-8,11,14,17H,2-5,9,16H2,1H3;1H. The topological polar surface area (TPSA) is 72.2 Å². The van der Waals surface area contributed by atoms with E-state index in [9.17, 15) is 12.8 Å². The summed E-state index contributed by atoms with van der Waals surface area (Å²) < 4.78 is 40.8. The van der Waals surface area contributed by atoms with Crippen molar-refractivity contribution in [1.82, 2.24) is 4.72 Å². The van der Waals surface area contributed by atoms with Gasteiger partial charge in [-0.1, -0.05) is 18.9 Å². The molecule has 0 amide bonds. The Morgan fingerprint density at radius 2 is 2.00 bits per heavy atom. The lowest BCUT2D eigenvalue weighted by molar-refractivity contribution is 0.296. The summed E-state index contributed by atoms with van der Waals surface area (Å²) >= 11 is 0. The number of aryl methyl sites for hydroxylation is 1. The molecule has 2 atom stereocenters. The number of sulfonamides is 1. The molecule has 1 aromatic carbocycles. The summed E-state index contributed by atoms with van der Waals surface area (Å²) in [5, 5.41) is 0. The van der Waals surface area contributed by atoms with Crippen molar-refractivity contribution in [3.05, 3.63) is 29.6 Å². The second kappa shape index (κ2) is 7.54. The van der Waals surface area contributed by atoms with E-state index in [1.54, 1.807) is 6.92 Å². The van der Waals surface area contributed by atoms with E-state index in [-0.39, 0.29) is 29.3 Å². The maximum Gasteiger partial charge on any atom is 0.240 e. The molecule has 1 aliphatic carbocycles. The summed E-state index contributed by atoms with van der Waals surface area (Å²) in [6, 6.07) is 3.83. The van der Waals surface area contributed by atoms with Gasteiger partial charge < -0.3 is 5.73 Å². The summed E-state index contributed by atoms with van der Waals surface area (Å²) in [4.78, 5) is -0.0260. The summed E-state index contributed by atoms with van der Waals surface area (Å²) in [6.07, 6.45) is 3.80. The molecular formula is C14H22ClFN2O2S. The minimum atomic E-state index is -3.69. The molecule has 1 aromatic rings. The van der Waals surface area contributed by atoms with E-state index in [0.717, 1.165) is 31.7 Å². The predicted octanol–water partition coefficient (Wildman–Crippen LogP) is 2.35. The van der Waals surface area contributed by atoms with Crippen molar-refractivity contribution in [3.8, 4) is 0 Å². The van der Waals surface area contributed by atoms with E-state index in [2.05, 4.69) is 4.72 Å². The van der Waals surface area contributed by atoms with Crippen LogP contribution < -0.4 is 10.5 Å². The van der Waals surface area contributed by atoms with Crippen LogP contribution in [0.2, 0.25) is 0 Å². The largest absolute Gasteiger partial charge is 0.330 e. The molecule has 0 aromatic heterocycles. The molecule has 3 N–H and O–H groups in total. The van der Waals surface area contributed by atoms with Crippen molar-refractivity contribution >= 4 is 22.4 Å². The van der Waals surface area contributed by atoms with Gasteiger partial charge in [-0.25, -0.2) is 17.5 Å². The Labute approximate surface area is 131 Å². The van der Waals surface area contributed by atoms with E-state index >= 15 is 0 Å². The first-order valence-electron chi connectivity index (χ1n) is 6.92. The lowest BCUT2D eigenvalue weighted by Crippen LogP contribution is -2.44. The summed E-state index contributed by atoms with van der Waals surface area (Å²) in [5.41, 5.74) is 6.13. The maximum absolute atomic E-state index is 13.5. The smallest absolute Gasteiger partial charge is 0.240 e. The van der Waals surface area contributed by atoms with Crippen LogP contribution in [0.5, 0.6) is 0 Å². The highest BCUT2D eigenvalue weighted by atomic mass is 35.5. The van der Waals surface area contributed by atoms with Gasteiger partial charge >= 0.3 is 0 Å². The van der Waals surface area contributed by atoms with Crippen LogP contribution in [0.1, 0.15) is 31.2 Å². The second-order valence-electron chi connectivity index (χ2n) is 5.42. The molecule has 0 spiro atoms. The Hall–Kier alpha value is -0.690. The minimum Gasteiger partial charge on any atom is -0.330 e. The maximum atomic E-state index is 13.5. The Balaban J connectivity index is 0.00000220. The molecule has 0 heterocycles. The quantitative estimate of drug-likeness (QED) is 0.886. The van der Waals surface area contributed by atoms with Gasteiger partial charge in [0.1, 0.15) is 5.82 Å². The third-order valence-electron chi connectivity index (χ3n) is 3.97. The van der Waals surface area contributed by atoms with Crippen LogP contribution in [0, 0.1) is 18.7 Å². The van der Waals surface area contributed by atoms with Crippen molar-refractivity contribution in [1.29, 1.82) is 0 Å². The van der Waals surface area contributed by atoms with Crippen LogP contribution in [-0.4, -0.2) is 21.0 Å². The molecule has 4 nitrogen and oxygen atoms in total. The number of nitrogens with two attached hydrogens (primary N) is 1. The Kier molecular flexibility index (Phi) is 6.59. The number of benzene rings is 1. The molecule has 21 heavy (non-hydrogen) atoms. The van der Waals surface area contributed by atoms with Gasteiger partial charge in [-0.05, 0) is 49.9 Å². The molecule has 2 unspecified atom stereocenters. The predicted molar refractivity (Wildman–Crippen MR) is 83.5 cm³/mol. The molecule has 0 aliphatic heterocycles. The third-order valence-corrected chi connectivity index (χ3v) is 5.46. The molecule has 120 valence electrons. The van der Waals surface area contributed by atoms with Crippen molar-refractivity contribution in [2.45, 2.75) is 43.5 Å². The fraction of sp³-hybridized carbons (Fsp3) is 0.571. The van der Waals surface area contributed by atoms with Gasteiger partial charge in [-0.2, -0.15) is 0 Å². The number of nitrogens with one attached hydrogen (secondary N) is 1. The number of halogens is 2. The molecule has 7 heteroatoms. The van der Waals surface area contributed by atoms with Gasteiger partial charge in [-0.3, -0.25) is 0 Å². The van der Waals surface area contributed by atoms with Crippen LogP contribution in [0.3, 0.4) is 0 Å². The van der Waals surface area contributed by atoms with E-state index in [4.69, 9.17) is 5.73 Å². The van der Waals surface area contributed by atoms with Crippen molar-refractivity contribution in [3.63, 3.8) is 0 Å². The van der Waals surface area contributed by atoms with E-state index in [0.29, 0.717) is 12.1 Å². The molecule has 1 fully saturated rings. The van der Waals surface area contributed by atoms with E-state index < -0.39 is 15.8 Å². The number of hydrogen-bond acceptors (Lipinski definition) is 3. The summed E-state index contributed by atoms with van der Waals surface area (Å²) in [7, 11) is -3.69. The van der Waals surface area contributed by atoms with Gasteiger partial charge in [0.15, 0.2) is 0 Å². The van der Waals surface area contributed by atoms with Crippen LogP contribution in [0.4, 0.5) is 4.39 Å². The first kappa shape index (κ1) is 18.4. The number of rotatable bonds is 4. The van der Waals surface area contributed by atoms with Gasteiger partial charge in [-0.15, -0.1) is 12.4 Å². The summed E-state index contributed by atoms with van der Waals surface area (Å²) in [5.74, 6) is -0.347. The molecular weight excluding hydrogens is 315 g/mol. The monoisotopic (exact) mass is 336 g/mol. The Morgan fingerprint density at radius 1 is 1.33 bits per heavy atom. The Morgan fingerprint density at radius 3 is 2.62 bits per heavy atom. The van der Waals surface area contributed by atoms with Crippen LogP contribution >= 0.6 is 12.4 Å². The molecule has 2 rings (SSSR count). The van der Waals surface area contributed by atoms with Gasteiger partial charge in [0.25, 0.3) is 0 Å². The second-order valence-corrected chi connectivity index (χ2v) is 7.13. The zero-order valence-electron chi connectivity index (χ0n) is 12.0. The van der Waals surface area contributed by atoms with Crippen LogP contribution in [0.15, 0.2) is 23.1 Å². The number of hydrogen-bond donors (Lipinski definition) is 2. The lowest BCUT2D eigenvalue weighted by Gasteiger charge is -2.31. The zero-order chi connectivity index (χ0) is 14.8. The molecule has 1 saturated carbocycles. The first-order valence-corrected chi connectivity index (χ1v) is 8.41. The van der Waals surface area contributed by atoms with Crippen LogP contribution in [-0.2, 0) is 10.0 Å². The average Bonchev–Trinajstić information content (AvgIpc) is 2.42. The minimum absolute atomic E-state index is 0. The van der Waals surface area contributed by atoms with Gasteiger partial charge in [0.2, 0.25) is 10.0 Å². The molecule has 0 saturated heterocycles. The summed E-state index contributed by atoms with van der Waals surface area (Å²) in [6.45, 7) is 2.07. The van der Waals surface area contributed by atoms with E-state index in [1.807, 2.05) is 0 Å².